The molecular formula is C35H46O7P-. The molecule has 1 unspecified atom stereocenters. The van der Waals surface area contributed by atoms with Gasteiger partial charge in [0.1, 0.15) is 11.5 Å². The third-order valence-corrected chi connectivity index (χ3v) is 9.74. The predicted molar refractivity (Wildman–Crippen MR) is 167 cm³/mol. The van der Waals surface area contributed by atoms with Gasteiger partial charge in [0.05, 0.1) is 6.61 Å². The lowest BCUT2D eigenvalue weighted by atomic mass is 9.73. The first-order chi connectivity index (χ1) is 20.5. The van der Waals surface area contributed by atoms with Crippen LogP contribution in [0.5, 0.6) is 11.5 Å². The molecule has 0 spiro atoms. The van der Waals surface area contributed by atoms with Crippen molar-refractivity contribution in [2.24, 2.45) is 5.92 Å². The quantitative estimate of drug-likeness (QED) is 0.0799. The van der Waals surface area contributed by atoms with Crippen molar-refractivity contribution in [3.63, 3.8) is 0 Å². The van der Waals surface area contributed by atoms with Crippen LogP contribution in [0.15, 0.2) is 66.3 Å². The van der Waals surface area contributed by atoms with Gasteiger partial charge < -0.3 is 19.3 Å². The number of ether oxygens (including phenoxy) is 1. The summed E-state index contributed by atoms with van der Waals surface area (Å²) >= 11 is 0. The van der Waals surface area contributed by atoms with Crippen molar-refractivity contribution in [1.82, 2.24) is 0 Å². The zero-order chi connectivity index (χ0) is 31.0. The van der Waals surface area contributed by atoms with E-state index in [0.717, 1.165) is 56.1 Å². The minimum absolute atomic E-state index is 0.0612. The van der Waals surface area contributed by atoms with Crippen molar-refractivity contribution in [3.8, 4) is 11.5 Å². The summed E-state index contributed by atoms with van der Waals surface area (Å²) in [4.78, 5) is 27.1. The van der Waals surface area contributed by atoms with Crippen LogP contribution in [0.4, 0.5) is 0 Å². The normalized spacial score (nSPS) is 21.4. The zero-order valence-corrected chi connectivity index (χ0v) is 26.7. The van der Waals surface area contributed by atoms with Crippen LogP contribution in [-0.2, 0) is 31.4 Å². The molecule has 0 heterocycles. The summed E-state index contributed by atoms with van der Waals surface area (Å²) in [6.07, 6.45) is 10.2. The van der Waals surface area contributed by atoms with Crippen molar-refractivity contribution in [2.45, 2.75) is 110 Å². The number of benzene rings is 2. The monoisotopic (exact) mass is 609 g/mol. The molecule has 234 valence electrons. The number of hydrogen-bond acceptors (Lipinski definition) is 7. The summed E-state index contributed by atoms with van der Waals surface area (Å²) < 4.78 is 30.1. The standard InChI is InChI=1S/C35H47O7P/c1-5-6-9-16-28-22-31(36)33(30-21-26(4)17-18-29(30)25(2)3)32(23-28)41-34(37)35(19-12-8-13-20-35)42-43(38,39)40-24-27-14-10-7-11-15-27/h7,10-11,14-15,21-23,29-30,36H,2,5-6,8-9,12-13,16-20,24H2,1,3-4H3,(H,38,39)/p-1/t29-,30+/m0/s1. The van der Waals surface area contributed by atoms with Gasteiger partial charge in [-0.3, -0.25) is 9.09 Å². The lowest BCUT2D eigenvalue weighted by molar-refractivity contribution is -0.241. The summed E-state index contributed by atoms with van der Waals surface area (Å²) in [6.45, 7) is 10.2. The lowest BCUT2D eigenvalue weighted by Crippen LogP contribution is -2.46. The maximum atomic E-state index is 14.1. The average Bonchev–Trinajstić information content (AvgIpc) is 2.97. The second kappa shape index (κ2) is 14.9. The highest BCUT2D eigenvalue weighted by molar-refractivity contribution is 7.45. The topological polar surface area (TPSA) is 105 Å². The Bertz CT molecular complexity index is 1340. The van der Waals surface area contributed by atoms with Crippen LogP contribution in [0.1, 0.15) is 108 Å². The van der Waals surface area contributed by atoms with E-state index in [0.29, 0.717) is 24.0 Å². The molecule has 0 saturated heterocycles. The number of phenolic OH excluding ortho intramolecular Hbond substituents is 1. The fourth-order valence-corrected chi connectivity index (χ4v) is 7.38. The van der Waals surface area contributed by atoms with Gasteiger partial charge in [-0.05, 0) is 94.4 Å². The number of unbranched alkanes of at least 4 members (excludes halogenated alkanes) is 2. The van der Waals surface area contributed by atoms with Gasteiger partial charge in [0.2, 0.25) is 0 Å². The van der Waals surface area contributed by atoms with E-state index in [-0.39, 0.29) is 42.8 Å². The summed E-state index contributed by atoms with van der Waals surface area (Å²) in [5.74, 6) is -0.634. The minimum Gasteiger partial charge on any atom is -0.756 e. The molecule has 1 N–H and O–H groups in total. The van der Waals surface area contributed by atoms with Crippen molar-refractivity contribution in [2.75, 3.05) is 0 Å². The summed E-state index contributed by atoms with van der Waals surface area (Å²) in [5, 5.41) is 11.4. The first-order valence-corrected chi connectivity index (χ1v) is 17.1. The Morgan fingerprint density at radius 3 is 2.51 bits per heavy atom. The number of aromatic hydroxyl groups is 1. The number of phosphoric ester groups is 1. The molecule has 1 fully saturated rings. The Hall–Kier alpha value is -2.70. The number of aryl methyl sites for hydroxylation is 1. The zero-order valence-electron chi connectivity index (χ0n) is 25.8. The second-order valence-corrected chi connectivity index (χ2v) is 13.6. The molecule has 4 rings (SSSR count). The molecule has 8 heteroatoms. The van der Waals surface area contributed by atoms with E-state index in [1.165, 1.54) is 5.57 Å². The van der Waals surface area contributed by atoms with Crippen LogP contribution in [0.2, 0.25) is 0 Å². The molecular weight excluding hydrogens is 563 g/mol. The number of phenols is 1. The van der Waals surface area contributed by atoms with E-state index in [4.69, 9.17) is 13.8 Å². The van der Waals surface area contributed by atoms with Crippen LogP contribution in [0, 0.1) is 5.92 Å². The fraction of sp³-hybridized carbons (Fsp3) is 0.514. The highest BCUT2D eigenvalue weighted by Crippen LogP contribution is 2.51. The second-order valence-electron chi connectivity index (χ2n) is 12.3. The van der Waals surface area contributed by atoms with E-state index >= 15 is 0 Å². The van der Waals surface area contributed by atoms with Gasteiger partial charge >= 0.3 is 5.97 Å². The van der Waals surface area contributed by atoms with Crippen molar-refractivity contribution in [3.05, 3.63) is 83.0 Å². The molecule has 0 amide bonds. The first-order valence-electron chi connectivity index (χ1n) is 15.6. The molecule has 43 heavy (non-hydrogen) atoms. The fourth-order valence-electron chi connectivity index (χ4n) is 6.33. The predicted octanol–water partition coefficient (Wildman–Crippen LogP) is 8.45. The lowest BCUT2D eigenvalue weighted by Gasteiger charge is -2.39. The Kier molecular flexibility index (Phi) is 11.5. The third kappa shape index (κ3) is 8.69. The number of hydrogen-bond donors (Lipinski definition) is 1. The van der Waals surface area contributed by atoms with Gasteiger partial charge in [-0.2, -0.15) is 0 Å². The van der Waals surface area contributed by atoms with Gasteiger partial charge in [-0.1, -0.05) is 80.3 Å². The maximum Gasteiger partial charge on any atom is 0.344 e. The highest BCUT2D eigenvalue weighted by atomic mass is 31.2. The van der Waals surface area contributed by atoms with Crippen molar-refractivity contribution < 1.29 is 33.1 Å². The van der Waals surface area contributed by atoms with Gasteiger partial charge in [0, 0.05) is 11.5 Å². The van der Waals surface area contributed by atoms with Gasteiger partial charge in [-0.15, -0.1) is 0 Å². The van der Waals surface area contributed by atoms with Crippen molar-refractivity contribution in [1.29, 1.82) is 0 Å². The molecule has 0 aromatic heterocycles. The third-order valence-electron chi connectivity index (χ3n) is 8.72. The smallest absolute Gasteiger partial charge is 0.344 e. The number of rotatable bonds is 13. The Morgan fingerprint density at radius 2 is 1.84 bits per heavy atom. The minimum atomic E-state index is -4.88. The SMILES string of the molecule is C=C(C)[C@@H]1CCC(C)=C[C@H]1c1c(O)cc(CCCCC)cc1OC(=O)C1(OP(=O)([O-])OCc2ccccc2)CCCCC1. The first kappa shape index (κ1) is 33.2. The van der Waals surface area contributed by atoms with Crippen molar-refractivity contribution >= 4 is 13.8 Å². The molecule has 7 nitrogen and oxygen atoms in total. The molecule has 0 radical (unpaired) electrons. The summed E-state index contributed by atoms with van der Waals surface area (Å²) in [6, 6.07) is 12.5. The molecule has 2 aromatic rings. The molecule has 3 atom stereocenters. The average molecular weight is 610 g/mol. The number of carbonyl (C=O) groups is 1. The van der Waals surface area contributed by atoms with E-state index in [9.17, 15) is 19.4 Å². The molecule has 2 aliphatic carbocycles. The van der Waals surface area contributed by atoms with E-state index in [1.54, 1.807) is 30.3 Å². The Labute approximate surface area is 256 Å². The number of carbonyl (C=O) groups excluding carboxylic acids is 1. The van der Waals surface area contributed by atoms with Crippen LogP contribution < -0.4 is 9.63 Å². The Balaban J connectivity index is 1.68. The molecule has 0 aliphatic heterocycles. The summed E-state index contributed by atoms with van der Waals surface area (Å²) in [5.41, 5.74) is 2.54. The van der Waals surface area contributed by atoms with Crippen LogP contribution in [0.3, 0.4) is 0 Å². The van der Waals surface area contributed by atoms with Crippen LogP contribution in [-0.4, -0.2) is 16.7 Å². The highest BCUT2D eigenvalue weighted by Gasteiger charge is 2.46. The maximum absolute atomic E-state index is 14.1. The molecule has 0 bridgehead atoms. The number of phosphoric acid groups is 1. The number of allylic oxidation sites excluding steroid dienone is 3. The molecule has 2 aliphatic rings. The van der Waals surface area contributed by atoms with Crippen LogP contribution >= 0.6 is 7.82 Å². The Morgan fingerprint density at radius 1 is 1.12 bits per heavy atom. The molecule has 2 aromatic carbocycles. The summed E-state index contributed by atoms with van der Waals surface area (Å²) in [7, 11) is -4.88. The largest absolute Gasteiger partial charge is 0.756 e. The molecule has 1 saturated carbocycles. The number of esters is 1. The van der Waals surface area contributed by atoms with Crippen LogP contribution in [0.25, 0.3) is 0 Å². The van der Waals surface area contributed by atoms with Gasteiger partial charge in [-0.25, -0.2) is 4.79 Å². The van der Waals surface area contributed by atoms with Gasteiger partial charge in [0.15, 0.2) is 5.60 Å². The van der Waals surface area contributed by atoms with E-state index in [2.05, 4.69) is 26.5 Å². The van der Waals surface area contributed by atoms with Gasteiger partial charge in [0.25, 0.3) is 7.82 Å². The van der Waals surface area contributed by atoms with E-state index in [1.807, 2.05) is 19.1 Å². The van der Waals surface area contributed by atoms with E-state index < -0.39 is 19.4 Å².